The van der Waals surface area contributed by atoms with Gasteiger partial charge in [-0.1, -0.05) is 23.5 Å². The summed E-state index contributed by atoms with van der Waals surface area (Å²) < 4.78 is 29.2. The third kappa shape index (κ3) is 2.47. The number of halogens is 3. The van der Waals surface area contributed by atoms with Gasteiger partial charge < -0.3 is 0 Å². The average Bonchev–Trinajstić information content (AvgIpc) is 3.22. The predicted molar refractivity (Wildman–Crippen MR) is 81.0 cm³/mol. The Hall–Kier alpha value is -2.39. The molecule has 0 aliphatic rings. The van der Waals surface area contributed by atoms with Crippen LogP contribution in [0, 0.1) is 0 Å². The maximum absolute atomic E-state index is 13.3. The Kier molecular flexibility index (Phi) is 3.13. The number of fused-ring (bicyclic) bond motifs is 1. The summed E-state index contributed by atoms with van der Waals surface area (Å²) in [5.41, 5.74) is 1.60. The van der Waals surface area contributed by atoms with Crippen LogP contribution in [0.4, 0.5) is 8.78 Å². The summed E-state index contributed by atoms with van der Waals surface area (Å²) >= 11 is 6.17. The lowest BCUT2D eigenvalue weighted by atomic mass is 10.2. The van der Waals surface area contributed by atoms with E-state index in [4.69, 9.17) is 11.6 Å². The van der Waals surface area contributed by atoms with Crippen LogP contribution in [0.2, 0.25) is 0 Å². The van der Waals surface area contributed by atoms with Crippen molar-refractivity contribution < 1.29 is 8.78 Å². The number of rotatable bonds is 3. The lowest BCUT2D eigenvalue weighted by Crippen LogP contribution is -2.10. The van der Waals surface area contributed by atoms with Gasteiger partial charge in [-0.15, -0.1) is 10.2 Å². The first-order valence-corrected chi connectivity index (χ1v) is 7.62. The minimum Gasteiger partial charge on any atom is -0.241 e. The van der Waals surface area contributed by atoms with E-state index in [1.54, 1.807) is 10.9 Å². The molecule has 10 heteroatoms. The maximum Gasteiger partial charge on any atom is 0.383 e. The van der Waals surface area contributed by atoms with Crippen LogP contribution < -0.4 is 0 Å². The average molecular weight is 353 g/mol. The van der Waals surface area contributed by atoms with Crippen LogP contribution in [-0.2, 0) is 5.38 Å². The molecule has 0 aliphatic heterocycles. The van der Waals surface area contributed by atoms with Crippen molar-refractivity contribution in [2.24, 2.45) is 0 Å². The fraction of sp³-hybridized carbons (Fsp3) is 0.0769. The Morgan fingerprint density at radius 3 is 2.78 bits per heavy atom. The van der Waals surface area contributed by atoms with Crippen molar-refractivity contribution in [3.8, 4) is 16.3 Å². The number of alkyl halides is 3. The third-order valence-electron chi connectivity index (χ3n) is 3.11. The predicted octanol–water partition coefficient (Wildman–Crippen LogP) is 3.33. The zero-order chi connectivity index (χ0) is 16.0. The molecule has 3 aromatic heterocycles. The van der Waals surface area contributed by atoms with Gasteiger partial charge >= 0.3 is 5.38 Å². The molecule has 116 valence electrons. The van der Waals surface area contributed by atoms with E-state index in [1.165, 1.54) is 0 Å². The monoisotopic (exact) mass is 352 g/mol. The summed E-state index contributed by atoms with van der Waals surface area (Å²) in [6, 6.07) is 9.22. The fourth-order valence-electron chi connectivity index (χ4n) is 2.11. The van der Waals surface area contributed by atoms with Crippen LogP contribution in [0.5, 0.6) is 0 Å². The first-order chi connectivity index (χ1) is 11.0. The van der Waals surface area contributed by atoms with Crippen molar-refractivity contribution >= 4 is 27.9 Å². The highest BCUT2D eigenvalue weighted by atomic mass is 35.5. The molecule has 4 aromatic rings. The van der Waals surface area contributed by atoms with Crippen LogP contribution in [0.1, 0.15) is 5.82 Å². The number of hydrogen-bond acceptors (Lipinski definition) is 5. The zero-order valence-corrected chi connectivity index (χ0v) is 12.8. The van der Waals surface area contributed by atoms with Gasteiger partial charge in [0.25, 0.3) is 0 Å². The molecule has 0 atom stereocenters. The van der Waals surface area contributed by atoms with Gasteiger partial charge in [0.05, 0.1) is 5.69 Å². The second-order valence-electron chi connectivity index (χ2n) is 4.62. The summed E-state index contributed by atoms with van der Waals surface area (Å²) in [5, 5.41) is 12.3. The quantitative estimate of drug-likeness (QED) is 0.531. The van der Waals surface area contributed by atoms with E-state index >= 15 is 0 Å². The molecule has 4 rings (SSSR count). The summed E-state index contributed by atoms with van der Waals surface area (Å²) in [4.78, 5) is 0.250. The van der Waals surface area contributed by atoms with E-state index in [0.29, 0.717) is 5.01 Å². The third-order valence-corrected chi connectivity index (χ3v) is 4.22. The van der Waals surface area contributed by atoms with Gasteiger partial charge in [0.15, 0.2) is 0 Å². The SMILES string of the molecule is FC(F)(Cl)c1nnc2sc(-c3cccc(-n4cccn4)c3)nn12. The molecule has 0 radical (unpaired) electrons. The van der Waals surface area contributed by atoms with Crippen LogP contribution in [0.25, 0.3) is 21.2 Å². The van der Waals surface area contributed by atoms with Gasteiger partial charge in [0.2, 0.25) is 10.8 Å². The van der Waals surface area contributed by atoms with Gasteiger partial charge in [0, 0.05) is 18.0 Å². The zero-order valence-electron chi connectivity index (χ0n) is 11.3. The first kappa shape index (κ1) is 14.2. The van der Waals surface area contributed by atoms with E-state index in [-0.39, 0.29) is 4.96 Å². The number of nitrogens with zero attached hydrogens (tertiary/aromatic N) is 6. The normalized spacial score (nSPS) is 12.1. The molecule has 6 nitrogen and oxygen atoms in total. The molecule has 0 unspecified atom stereocenters. The van der Waals surface area contributed by atoms with Crippen molar-refractivity contribution in [2.45, 2.75) is 5.38 Å². The topological polar surface area (TPSA) is 60.9 Å². The Morgan fingerprint density at radius 2 is 2.04 bits per heavy atom. The van der Waals surface area contributed by atoms with Crippen LogP contribution >= 0.6 is 22.9 Å². The van der Waals surface area contributed by atoms with Gasteiger partial charge in [-0.3, -0.25) is 0 Å². The molecule has 0 N–H and O–H groups in total. The summed E-state index contributed by atoms with van der Waals surface area (Å²) in [6.45, 7) is 0. The molecular formula is C13H7ClF2N6S. The molecule has 3 heterocycles. The van der Waals surface area contributed by atoms with Gasteiger partial charge in [-0.05, 0) is 29.8 Å². The van der Waals surface area contributed by atoms with Crippen LogP contribution in [0.3, 0.4) is 0 Å². The Labute approximate surface area is 137 Å². The largest absolute Gasteiger partial charge is 0.383 e. The van der Waals surface area contributed by atoms with Gasteiger partial charge in [-0.2, -0.15) is 23.5 Å². The highest BCUT2D eigenvalue weighted by molar-refractivity contribution is 7.19. The van der Waals surface area contributed by atoms with Crippen molar-refractivity contribution in [3.63, 3.8) is 0 Å². The number of benzene rings is 1. The van der Waals surface area contributed by atoms with E-state index in [1.807, 2.05) is 36.5 Å². The van der Waals surface area contributed by atoms with Crippen molar-refractivity contribution in [1.29, 1.82) is 0 Å². The highest BCUT2D eigenvalue weighted by Crippen LogP contribution is 2.33. The van der Waals surface area contributed by atoms with Crippen LogP contribution in [-0.4, -0.2) is 29.6 Å². The molecule has 0 saturated carbocycles. The summed E-state index contributed by atoms with van der Waals surface area (Å²) in [6.07, 6.45) is 3.48. The summed E-state index contributed by atoms with van der Waals surface area (Å²) in [7, 11) is 0. The lowest BCUT2D eigenvalue weighted by molar-refractivity contribution is 0.0821. The summed E-state index contributed by atoms with van der Waals surface area (Å²) in [5.74, 6) is -0.695. The molecule has 0 bridgehead atoms. The highest BCUT2D eigenvalue weighted by Gasteiger charge is 2.35. The minimum atomic E-state index is -3.62. The Balaban J connectivity index is 1.81. The van der Waals surface area contributed by atoms with Crippen molar-refractivity contribution in [1.82, 2.24) is 29.6 Å². The molecule has 0 amide bonds. The van der Waals surface area contributed by atoms with E-state index in [9.17, 15) is 8.78 Å². The van der Waals surface area contributed by atoms with E-state index < -0.39 is 11.2 Å². The molecule has 0 fully saturated rings. The molecule has 1 aromatic carbocycles. The Bertz CT molecular complexity index is 972. The van der Waals surface area contributed by atoms with Gasteiger partial charge in [0.1, 0.15) is 5.01 Å². The first-order valence-electron chi connectivity index (χ1n) is 6.42. The van der Waals surface area contributed by atoms with E-state index in [2.05, 4.69) is 20.4 Å². The van der Waals surface area contributed by atoms with Crippen molar-refractivity contribution in [2.75, 3.05) is 0 Å². The second kappa shape index (κ2) is 5.07. The molecule has 0 saturated heterocycles. The number of hydrogen-bond donors (Lipinski definition) is 0. The molecule has 0 spiro atoms. The standard InChI is InChI=1S/C13H7ClF2N6S/c14-13(15,16)11-18-19-12-22(11)20-10(23-12)8-3-1-4-9(7-8)21-6-2-5-17-21/h1-7H. The Morgan fingerprint density at radius 1 is 1.17 bits per heavy atom. The van der Waals surface area contributed by atoms with Crippen molar-refractivity contribution in [3.05, 3.63) is 48.5 Å². The minimum absolute atomic E-state index is 0.250. The molecule has 23 heavy (non-hydrogen) atoms. The maximum atomic E-state index is 13.3. The lowest BCUT2D eigenvalue weighted by Gasteiger charge is -2.03. The molecule has 0 aliphatic carbocycles. The van der Waals surface area contributed by atoms with Gasteiger partial charge in [-0.25, -0.2) is 4.68 Å². The van der Waals surface area contributed by atoms with Crippen LogP contribution in [0.15, 0.2) is 42.7 Å². The second-order valence-corrected chi connectivity index (χ2v) is 6.05. The smallest absolute Gasteiger partial charge is 0.241 e. The van der Waals surface area contributed by atoms with E-state index in [0.717, 1.165) is 27.1 Å². The fourth-order valence-corrected chi connectivity index (χ4v) is 3.07. The molecular weight excluding hydrogens is 346 g/mol. The number of aromatic nitrogens is 6.